The van der Waals surface area contributed by atoms with Crippen LogP contribution in [0, 0.1) is 11.8 Å². The zero-order valence-corrected chi connectivity index (χ0v) is 18.2. The number of hydrogen-bond donors (Lipinski definition) is 0. The Kier molecular flexibility index (Phi) is 4.61. The highest BCUT2D eigenvalue weighted by atomic mass is 16.5. The molecule has 2 heterocycles. The zero-order chi connectivity index (χ0) is 23.4. The number of carbonyl (C=O) groups is 4. The maximum absolute atomic E-state index is 13.7. The molecule has 34 heavy (non-hydrogen) atoms. The topological polar surface area (TPSA) is 80.8 Å². The molecule has 2 saturated heterocycles. The van der Waals surface area contributed by atoms with E-state index in [0.29, 0.717) is 12.0 Å². The van der Waals surface area contributed by atoms with E-state index in [1.165, 1.54) is 4.90 Å². The van der Waals surface area contributed by atoms with Gasteiger partial charge in [0.15, 0.2) is 0 Å². The zero-order valence-electron chi connectivity index (χ0n) is 18.2. The number of ketones is 2. The Bertz CT molecular complexity index is 1300. The molecule has 3 aromatic rings. The van der Waals surface area contributed by atoms with E-state index >= 15 is 0 Å². The number of benzene rings is 3. The Labute approximate surface area is 196 Å². The van der Waals surface area contributed by atoms with Crippen LogP contribution in [-0.4, -0.2) is 40.4 Å². The minimum absolute atomic E-state index is 0.182. The first-order valence-corrected chi connectivity index (χ1v) is 11.3. The van der Waals surface area contributed by atoms with Gasteiger partial charge in [0.25, 0.3) is 0 Å². The summed E-state index contributed by atoms with van der Waals surface area (Å²) in [6.07, 6.45) is -0.379. The van der Waals surface area contributed by atoms with Crippen molar-refractivity contribution in [2.75, 3.05) is 6.54 Å². The van der Waals surface area contributed by atoms with Crippen LogP contribution in [0.15, 0.2) is 84.9 Å². The van der Waals surface area contributed by atoms with E-state index in [1.54, 1.807) is 48.5 Å². The van der Waals surface area contributed by atoms with Gasteiger partial charge in [-0.25, -0.2) is 0 Å². The van der Waals surface area contributed by atoms with Crippen molar-refractivity contribution in [2.24, 2.45) is 11.8 Å². The molecule has 0 N–H and O–H groups in total. The number of carbonyl (C=O) groups excluding carboxylic acids is 4. The average molecular weight is 451 g/mol. The fourth-order valence-electron chi connectivity index (χ4n) is 5.63. The fraction of sp³-hybridized carbons (Fsp3) is 0.214. The number of imide groups is 1. The average Bonchev–Trinajstić information content (AvgIpc) is 3.44. The number of rotatable bonds is 4. The molecule has 3 aliphatic rings. The number of likely N-dealkylation sites (tertiary alicyclic amines) is 1. The third-order valence-corrected chi connectivity index (χ3v) is 7.21. The van der Waals surface area contributed by atoms with Crippen molar-refractivity contribution in [1.29, 1.82) is 0 Å². The van der Waals surface area contributed by atoms with Gasteiger partial charge in [0, 0.05) is 17.7 Å². The Morgan fingerprint density at radius 2 is 1.26 bits per heavy atom. The van der Waals surface area contributed by atoms with Crippen LogP contribution in [0.5, 0.6) is 0 Å². The predicted octanol–water partition coefficient (Wildman–Crippen LogP) is 3.42. The van der Waals surface area contributed by atoms with Gasteiger partial charge < -0.3 is 4.74 Å². The molecule has 6 rings (SSSR count). The summed E-state index contributed by atoms with van der Waals surface area (Å²) >= 11 is 0. The van der Waals surface area contributed by atoms with Crippen molar-refractivity contribution in [3.63, 3.8) is 0 Å². The van der Waals surface area contributed by atoms with Gasteiger partial charge in [-0.15, -0.1) is 0 Å². The lowest BCUT2D eigenvalue weighted by Gasteiger charge is -2.27. The third kappa shape index (κ3) is 2.72. The van der Waals surface area contributed by atoms with Crippen molar-refractivity contribution in [1.82, 2.24) is 4.90 Å². The van der Waals surface area contributed by atoms with Crippen LogP contribution in [0.25, 0.3) is 0 Å². The summed E-state index contributed by atoms with van der Waals surface area (Å²) in [7, 11) is 0. The van der Waals surface area contributed by atoms with Gasteiger partial charge in [-0.1, -0.05) is 84.9 Å². The molecule has 2 aliphatic heterocycles. The molecule has 3 unspecified atom stereocenters. The van der Waals surface area contributed by atoms with Gasteiger partial charge in [0.1, 0.15) is 0 Å². The first-order chi connectivity index (χ1) is 16.5. The molecule has 2 amide bonds. The molecule has 0 aromatic heterocycles. The van der Waals surface area contributed by atoms with Gasteiger partial charge >= 0.3 is 0 Å². The molecule has 1 spiro atoms. The molecule has 0 saturated carbocycles. The molecule has 0 bridgehead atoms. The molecule has 168 valence electrons. The second-order valence-corrected chi connectivity index (χ2v) is 8.96. The van der Waals surface area contributed by atoms with Crippen molar-refractivity contribution in [2.45, 2.75) is 18.1 Å². The molecular weight excluding hydrogens is 430 g/mol. The number of fused-ring (bicyclic) bond motifs is 3. The summed E-state index contributed by atoms with van der Waals surface area (Å²) < 4.78 is 6.25. The van der Waals surface area contributed by atoms with E-state index in [-0.39, 0.29) is 17.7 Å². The summed E-state index contributed by atoms with van der Waals surface area (Å²) in [5, 5.41) is 0. The summed E-state index contributed by atoms with van der Waals surface area (Å²) in [4.78, 5) is 55.9. The van der Waals surface area contributed by atoms with Gasteiger partial charge in [-0.05, 0) is 17.5 Å². The Hall–Kier alpha value is -3.90. The molecule has 3 atom stereocenters. The highest BCUT2D eigenvalue weighted by Crippen LogP contribution is 2.57. The van der Waals surface area contributed by atoms with Crippen molar-refractivity contribution in [3.05, 3.63) is 107 Å². The maximum atomic E-state index is 13.7. The van der Waals surface area contributed by atoms with E-state index < -0.39 is 46.9 Å². The smallest absolute Gasteiger partial charge is 0.237 e. The van der Waals surface area contributed by atoms with E-state index in [2.05, 4.69) is 0 Å². The van der Waals surface area contributed by atoms with Crippen molar-refractivity contribution >= 4 is 23.4 Å². The molecule has 1 aliphatic carbocycles. The van der Waals surface area contributed by atoms with Crippen LogP contribution >= 0.6 is 0 Å². The normalized spacial score (nSPS) is 24.7. The first kappa shape index (κ1) is 20.7. The van der Waals surface area contributed by atoms with Crippen LogP contribution in [-0.2, 0) is 20.7 Å². The maximum Gasteiger partial charge on any atom is 0.237 e. The highest BCUT2D eigenvalue weighted by Gasteiger charge is 2.74. The second kappa shape index (κ2) is 7.57. The molecule has 3 aromatic carbocycles. The van der Waals surface area contributed by atoms with Crippen LogP contribution in [0.1, 0.15) is 37.9 Å². The van der Waals surface area contributed by atoms with Gasteiger partial charge in [-0.2, -0.15) is 0 Å². The predicted molar refractivity (Wildman–Crippen MR) is 122 cm³/mol. The quantitative estimate of drug-likeness (QED) is 0.449. The largest absolute Gasteiger partial charge is 0.349 e. The molecule has 6 nitrogen and oxygen atoms in total. The Morgan fingerprint density at radius 3 is 1.88 bits per heavy atom. The summed E-state index contributed by atoms with van der Waals surface area (Å²) in [5.41, 5.74) is 0.123. The molecule has 0 radical (unpaired) electrons. The minimum Gasteiger partial charge on any atom is -0.349 e. The van der Waals surface area contributed by atoms with E-state index in [1.807, 2.05) is 36.4 Å². The van der Waals surface area contributed by atoms with Crippen molar-refractivity contribution in [3.8, 4) is 0 Å². The Balaban J connectivity index is 1.43. The molecule has 6 heteroatoms. The van der Waals surface area contributed by atoms with E-state index in [0.717, 1.165) is 5.56 Å². The van der Waals surface area contributed by atoms with Gasteiger partial charge in [0.2, 0.25) is 29.0 Å². The summed E-state index contributed by atoms with van der Waals surface area (Å²) in [5.74, 6) is -4.10. The van der Waals surface area contributed by atoms with Crippen molar-refractivity contribution < 1.29 is 23.9 Å². The van der Waals surface area contributed by atoms with Crippen LogP contribution in [0.3, 0.4) is 0 Å². The van der Waals surface area contributed by atoms with Crippen LogP contribution < -0.4 is 0 Å². The minimum atomic E-state index is -2.01. The first-order valence-electron chi connectivity index (χ1n) is 11.3. The van der Waals surface area contributed by atoms with Gasteiger partial charge in [0.05, 0.1) is 17.9 Å². The summed E-state index contributed by atoms with van der Waals surface area (Å²) in [6, 6.07) is 25.1. The standard InChI is InChI=1S/C28H21NO5/c30-24-19-13-7-8-14-20(19)25(31)28(24)22-21(23(34-28)18-11-5-2-6-12-18)26(32)29(27(22)33)16-15-17-9-3-1-4-10-17/h1-14,21-23H,15-16H2. The van der Waals surface area contributed by atoms with E-state index in [9.17, 15) is 19.2 Å². The number of Topliss-reactive ketones (excluding diaryl/α,β-unsaturated/α-hetero) is 2. The lowest BCUT2D eigenvalue weighted by Crippen LogP contribution is -2.51. The molecular formula is C28H21NO5. The number of hydrogen-bond acceptors (Lipinski definition) is 5. The van der Waals surface area contributed by atoms with Gasteiger partial charge in [-0.3, -0.25) is 24.1 Å². The highest BCUT2D eigenvalue weighted by molar-refractivity contribution is 6.35. The third-order valence-electron chi connectivity index (χ3n) is 7.21. The SMILES string of the molecule is O=C1C2C(c3ccccc3)OC3(C(=O)c4ccccc4C3=O)C2C(=O)N1CCc1ccccc1. The number of nitrogens with zero attached hydrogens (tertiary/aromatic N) is 1. The number of ether oxygens (including phenoxy) is 1. The number of amides is 2. The second-order valence-electron chi connectivity index (χ2n) is 8.96. The Morgan fingerprint density at radius 1 is 0.706 bits per heavy atom. The molecule has 2 fully saturated rings. The fourth-order valence-corrected chi connectivity index (χ4v) is 5.63. The summed E-state index contributed by atoms with van der Waals surface area (Å²) in [6.45, 7) is 0.182. The van der Waals surface area contributed by atoms with Crippen LogP contribution in [0.4, 0.5) is 0 Å². The van der Waals surface area contributed by atoms with E-state index in [4.69, 9.17) is 4.74 Å². The van der Waals surface area contributed by atoms with Crippen LogP contribution in [0.2, 0.25) is 0 Å². The monoisotopic (exact) mass is 451 g/mol. The lowest BCUT2D eigenvalue weighted by molar-refractivity contribution is -0.144. The lowest BCUT2D eigenvalue weighted by atomic mass is 9.77.